The third kappa shape index (κ3) is 3.14. The number of ether oxygens (including phenoxy) is 2. The number of fused-ring (bicyclic) bond motifs is 1. The van der Waals surface area contributed by atoms with E-state index in [-0.39, 0.29) is 11.9 Å². The van der Waals surface area contributed by atoms with E-state index in [1.54, 1.807) is 6.07 Å². The van der Waals surface area contributed by atoms with E-state index in [2.05, 4.69) is 15.0 Å². The van der Waals surface area contributed by atoms with Crippen LogP contribution in [0.5, 0.6) is 5.88 Å². The van der Waals surface area contributed by atoms with E-state index in [0.29, 0.717) is 12.6 Å². The van der Waals surface area contributed by atoms with Gasteiger partial charge in [-0.1, -0.05) is 0 Å². The Morgan fingerprint density at radius 1 is 1.25 bits per heavy atom. The fraction of sp³-hybridized carbons (Fsp3) is 0.529. The predicted molar refractivity (Wildman–Crippen MR) is 85.2 cm³/mol. The van der Waals surface area contributed by atoms with Crippen LogP contribution in [0.25, 0.3) is 0 Å². The molecule has 0 saturated carbocycles. The van der Waals surface area contributed by atoms with Crippen LogP contribution in [0.3, 0.4) is 0 Å². The van der Waals surface area contributed by atoms with E-state index < -0.39 is 5.82 Å². The summed E-state index contributed by atoms with van der Waals surface area (Å²) in [6.45, 7) is 3.72. The highest BCUT2D eigenvalue weighted by atomic mass is 19.1. The Morgan fingerprint density at radius 2 is 2.12 bits per heavy atom. The van der Waals surface area contributed by atoms with E-state index in [4.69, 9.17) is 9.47 Å². The molecular formula is C17H21FN4O2. The van der Waals surface area contributed by atoms with Crippen molar-refractivity contribution in [3.63, 3.8) is 0 Å². The molecule has 4 heterocycles. The molecular weight excluding hydrogens is 311 g/mol. The van der Waals surface area contributed by atoms with Crippen molar-refractivity contribution in [2.75, 3.05) is 26.4 Å². The molecule has 4 rings (SSSR count). The minimum absolute atomic E-state index is 0.0491. The van der Waals surface area contributed by atoms with E-state index in [0.717, 1.165) is 39.1 Å². The molecule has 0 aromatic carbocycles. The Hall–Kier alpha value is -1.99. The Kier molecular flexibility index (Phi) is 4.44. The van der Waals surface area contributed by atoms with Crippen LogP contribution in [-0.2, 0) is 11.3 Å². The van der Waals surface area contributed by atoms with Gasteiger partial charge in [0.05, 0.1) is 11.7 Å². The lowest BCUT2D eigenvalue weighted by Crippen LogP contribution is -2.47. The SMILES string of the molecule is Fc1cccnc1OC[C@@H]1CN(C2CCOCC2)Cc2ccnn21. The van der Waals surface area contributed by atoms with Crippen molar-refractivity contribution in [2.45, 2.75) is 31.5 Å². The lowest BCUT2D eigenvalue weighted by atomic mass is 10.0. The summed E-state index contributed by atoms with van der Waals surface area (Å²) >= 11 is 0. The molecule has 2 aliphatic heterocycles. The molecule has 0 spiro atoms. The highest BCUT2D eigenvalue weighted by molar-refractivity contribution is 5.13. The summed E-state index contributed by atoms with van der Waals surface area (Å²) in [6.07, 6.45) is 5.46. The van der Waals surface area contributed by atoms with Gasteiger partial charge in [0.25, 0.3) is 0 Å². The minimum Gasteiger partial charge on any atom is -0.473 e. The highest BCUT2D eigenvalue weighted by Gasteiger charge is 2.31. The summed E-state index contributed by atoms with van der Waals surface area (Å²) < 4.78 is 26.8. The zero-order valence-electron chi connectivity index (χ0n) is 13.5. The Morgan fingerprint density at radius 3 is 2.96 bits per heavy atom. The van der Waals surface area contributed by atoms with Crippen LogP contribution in [0.4, 0.5) is 4.39 Å². The highest BCUT2D eigenvalue weighted by Crippen LogP contribution is 2.26. The average Bonchev–Trinajstić information content (AvgIpc) is 3.10. The molecule has 6 nitrogen and oxygen atoms in total. The first-order chi connectivity index (χ1) is 11.8. The average molecular weight is 332 g/mol. The van der Waals surface area contributed by atoms with Gasteiger partial charge in [0.2, 0.25) is 5.88 Å². The standard InChI is InChI=1S/C17H21FN4O2/c18-16-2-1-6-19-17(16)24-12-15-11-21(13-4-8-23-9-5-13)10-14-3-7-20-22(14)15/h1-3,6-7,13,15H,4-5,8-12H2/t15-/m0/s1. The van der Waals surface area contributed by atoms with Crippen molar-refractivity contribution in [1.82, 2.24) is 19.7 Å². The van der Waals surface area contributed by atoms with Gasteiger partial charge in [0, 0.05) is 44.7 Å². The Balaban J connectivity index is 1.48. The zero-order chi connectivity index (χ0) is 16.4. The topological polar surface area (TPSA) is 52.4 Å². The summed E-state index contributed by atoms with van der Waals surface area (Å²) in [7, 11) is 0. The molecule has 0 unspecified atom stereocenters. The van der Waals surface area contributed by atoms with Crippen molar-refractivity contribution >= 4 is 0 Å². The van der Waals surface area contributed by atoms with Gasteiger partial charge in [-0.05, 0) is 31.0 Å². The van der Waals surface area contributed by atoms with Crippen LogP contribution in [0.2, 0.25) is 0 Å². The molecule has 0 bridgehead atoms. The second-order valence-electron chi connectivity index (χ2n) is 6.30. The maximum Gasteiger partial charge on any atom is 0.250 e. The van der Waals surface area contributed by atoms with Crippen molar-refractivity contribution < 1.29 is 13.9 Å². The molecule has 1 saturated heterocycles. The predicted octanol–water partition coefficient (Wildman–Crippen LogP) is 2.03. The number of rotatable bonds is 4. The summed E-state index contributed by atoms with van der Waals surface area (Å²) in [6, 6.07) is 5.53. The monoisotopic (exact) mass is 332 g/mol. The molecule has 0 radical (unpaired) electrons. The number of hydrogen-bond donors (Lipinski definition) is 0. The molecule has 0 amide bonds. The van der Waals surface area contributed by atoms with Gasteiger partial charge in [0.15, 0.2) is 5.82 Å². The number of aromatic nitrogens is 3. The van der Waals surface area contributed by atoms with Crippen molar-refractivity contribution in [2.24, 2.45) is 0 Å². The smallest absolute Gasteiger partial charge is 0.250 e. The van der Waals surface area contributed by atoms with E-state index >= 15 is 0 Å². The van der Waals surface area contributed by atoms with Gasteiger partial charge in [-0.15, -0.1) is 0 Å². The summed E-state index contributed by atoms with van der Waals surface area (Å²) in [5, 5.41) is 4.42. The van der Waals surface area contributed by atoms with Crippen LogP contribution in [0.1, 0.15) is 24.6 Å². The van der Waals surface area contributed by atoms with Crippen LogP contribution < -0.4 is 4.74 Å². The lowest BCUT2D eigenvalue weighted by molar-refractivity contribution is 0.0116. The Bertz CT molecular complexity index is 687. The second kappa shape index (κ2) is 6.86. The fourth-order valence-electron chi connectivity index (χ4n) is 3.52. The third-order valence-corrected chi connectivity index (χ3v) is 4.75. The van der Waals surface area contributed by atoms with Crippen LogP contribution in [0.15, 0.2) is 30.6 Å². The zero-order valence-corrected chi connectivity index (χ0v) is 13.5. The molecule has 2 aromatic rings. The van der Waals surface area contributed by atoms with Gasteiger partial charge in [-0.25, -0.2) is 9.37 Å². The number of nitrogens with zero attached hydrogens (tertiary/aromatic N) is 4. The molecule has 7 heteroatoms. The summed E-state index contributed by atoms with van der Waals surface area (Å²) in [5.74, 6) is -0.385. The molecule has 1 fully saturated rings. The minimum atomic E-state index is -0.435. The largest absolute Gasteiger partial charge is 0.473 e. The van der Waals surface area contributed by atoms with Crippen molar-refractivity contribution in [3.05, 3.63) is 42.1 Å². The molecule has 0 aliphatic carbocycles. The van der Waals surface area contributed by atoms with Crippen LogP contribution in [0, 0.1) is 5.82 Å². The lowest BCUT2D eigenvalue weighted by Gasteiger charge is -2.40. The number of pyridine rings is 1. The van der Waals surface area contributed by atoms with Gasteiger partial charge >= 0.3 is 0 Å². The molecule has 24 heavy (non-hydrogen) atoms. The first kappa shape index (κ1) is 15.5. The van der Waals surface area contributed by atoms with Gasteiger partial charge < -0.3 is 9.47 Å². The van der Waals surface area contributed by atoms with Crippen molar-refractivity contribution in [3.8, 4) is 5.88 Å². The van der Waals surface area contributed by atoms with Crippen molar-refractivity contribution in [1.29, 1.82) is 0 Å². The van der Waals surface area contributed by atoms with E-state index in [1.165, 1.54) is 18.0 Å². The third-order valence-electron chi connectivity index (χ3n) is 4.75. The summed E-state index contributed by atoms with van der Waals surface area (Å²) in [4.78, 5) is 6.43. The van der Waals surface area contributed by atoms with Gasteiger partial charge in [-0.2, -0.15) is 5.10 Å². The normalized spacial score (nSPS) is 22.3. The van der Waals surface area contributed by atoms with E-state index in [9.17, 15) is 4.39 Å². The molecule has 1 atom stereocenters. The van der Waals surface area contributed by atoms with Gasteiger partial charge in [-0.3, -0.25) is 9.58 Å². The number of halogens is 1. The van der Waals surface area contributed by atoms with Gasteiger partial charge in [0.1, 0.15) is 6.61 Å². The Labute approximate surface area is 140 Å². The second-order valence-corrected chi connectivity index (χ2v) is 6.30. The van der Waals surface area contributed by atoms with Crippen LogP contribution in [-0.4, -0.2) is 52.1 Å². The first-order valence-electron chi connectivity index (χ1n) is 8.39. The number of hydrogen-bond acceptors (Lipinski definition) is 5. The molecule has 128 valence electrons. The quantitative estimate of drug-likeness (QED) is 0.857. The maximum absolute atomic E-state index is 13.7. The molecule has 0 N–H and O–H groups in total. The van der Waals surface area contributed by atoms with E-state index in [1.807, 2.05) is 16.9 Å². The first-order valence-corrected chi connectivity index (χ1v) is 8.39. The summed E-state index contributed by atoms with van der Waals surface area (Å²) in [5.41, 5.74) is 1.17. The maximum atomic E-state index is 13.7. The fourth-order valence-corrected chi connectivity index (χ4v) is 3.52. The van der Waals surface area contributed by atoms with Crippen LogP contribution >= 0.6 is 0 Å². The molecule has 2 aromatic heterocycles. The molecule has 2 aliphatic rings.